The smallest absolute Gasteiger partial charge is 0.261 e. The molecule has 114 valence electrons. The van der Waals surface area contributed by atoms with Gasteiger partial charge < -0.3 is 10.2 Å². The Balaban J connectivity index is 1.46. The van der Waals surface area contributed by atoms with Crippen LogP contribution in [0.1, 0.15) is 22.5 Å². The minimum Gasteiger partial charge on any atom is -0.347 e. The maximum absolute atomic E-state index is 12.5. The summed E-state index contributed by atoms with van der Waals surface area (Å²) in [4.78, 5) is 21.1. The van der Waals surface area contributed by atoms with Crippen molar-refractivity contribution < 1.29 is 4.79 Å². The predicted octanol–water partition coefficient (Wildman–Crippen LogP) is 2.63. The molecule has 3 aliphatic heterocycles. The van der Waals surface area contributed by atoms with E-state index in [2.05, 4.69) is 15.2 Å². The Morgan fingerprint density at radius 1 is 1.23 bits per heavy atom. The van der Waals surface area contributed by atoms with E-state index in [1.807, 2.05) is 30.3 Å². The molecule has 5 heterocycles. The summed E-state index contributed by atoms with van der Waals surface area (Å²) in [5, 5.41) is 3.24. The van der Waals surface area contributed by atoms with Crippen LogP contribution in [-0.2, 0) is 0 Å². The van der Waals surface area contributed by atoms with E-state index in [9.17, 15) is 4.79 Å². The quantitative estimate of drug-likeness (QED) is 0.947. The van der Waals surface area contributed by atoms with Crippen molar-refractivity contribution >= 4 is 17.2 Å². The fourth-order valence-electron chi connectivity index (χ4n) is 3.47. The number of hydrogen-bond donors (Lipinski definition) is 1. The molecule has 2 aromatic heterocycles. The zero-order valence-corrected chi connectivity index (χ0v) is 13.2. The van der Waals surface area contributed by atoms with E-state index in [1.54, 1.807) is 6.20 Å². The van der Waals surface area contributed by atoms with Crippen LogP contribution in [0.5, 0.6) is 0 Å². The first-order chi connectivity index (χ1) is 10.8. The second kappa shape index (κ2) is 5.82. The fourth-order valence-corrected chi connectivity index (χ4v) is 4.36. The van der Waals surface area contributed by atoms with Gasteiger partial charge in [0.25, 0.3) is 5.91 Å². The van der Waals surface area contributed by atoms with Crippen molar-refractivity contribution in [1.82, 2.24) is 15.2 Å². The first kappa shape index (κ1) is 13.9. The van der Waals surface area contributed by atoms with Gasteiger partial charge in [0.1, 0.15) is 0 Å². The Bertz CT molecular complexity index is 662. The lowest BCUT2D eigenvalue weighted by Gasteiger charge is -2.44. The van der Waals surface area contributed by atoms with Crippen molar-refractivity contribution in [3.8, 4) is 10.6 Å². The number of nitrogens with one attached hydrogen (secondary N) is 1. The van der Waals surface area contributed by atoms with Gasteiger partial charge in [-0.2, -0.15) is 0 Å². The SMILES string of the molecule is O=[11C](N[C@H]1CN2CCC1CC2)c1ccc(-c2ccccn2)s1. The predicted molar refractivity (Wildman–Crippen MR) is 88.0 cm³/mol. The number of aromatic nitrogens is 1. The lowest BCUT2D eigenvalue weighted by Crippen LogP contribution is -2.57. The number of rotatable bonds is 3. The molecule has 1 amide bonds. The monoisotopic (exact) mass is 312 g/mol. The molecule has 0 saturated carbocycles. The van der Waals surface area contributed by atoms with Crippen LogP contribution in [0.15, 0.2) is 36.5 Å². The van der Waals surface area contributed by atoms with Crippen molar-refractivity contribution in [1.29, 1.82) is 0 Å². The Hall–Kier alpha value is -1.72. The van der Waals surface area contributed by atoms with Gasteiger partial charge in [-0.05, 0) is 56.1 Å². The fraction of sp³-hybridized carbons (Fsp3) is 0.412. The third kappa shape index (κ3) is 2.66. The summed E-state index contributed by atoms with van der Waals surface area (Å²) in [6, 6.07) is 10.0. The summed E-state index contributed by atoms with van der Waals surface area (Å²) in [6.07, 6.45) is 4.21. The van der Waals surface area contributed by atoms with Crippen LogP contribution in [0.2, 0.25) is 0 Å². The Morgan fingerprint density at radius 2 is 2.09 bits per heavy atom. The number of hydrogen-bond acceptors (Lipinski definition) is 4. The number of piperidine rings is 3. The van der Waals surface area contributed by atoms with Gasteiger partial charge in [0.2, 0.25) is 0 Å². The molecule has 5 heteroatoms. The number of nitrogens with zero attached hydrogens (tertiary/aromatic N) is 2. The number of pyridine rings is 1. The molecule has 0 radical (unpaired) electrons. The standard InChI is InChI=1S/C17H19N3OS/c21-17(19-14-11-20-9-6-12(14)7-10-20)16-5-4-15(22-16)13-3-1-2-8-18-13/h1-5,8,12,14H,6-7,9-11H2,(H,19,21)/t14-/m0/s1/i17-1. The average molecular weight is 312 g/mol. The molecule has 1 atom stereocenters. The summed E-state index contributed by atoms with van der Waals surface area (Å²) in [5.74, 6) is 0.718. The summed E-state index contributed by atoms with van der Waals surface area (Å²) in [6.45, 7) is 3.40. The van der Waals surface area contributed by atoms with E-state index in [-0.39, 0.29) is 5.91 Å². The van der Waals surface area contributed by atoms with E-state index >= 15 is 0 Å². The Morgan fingerprint density at radius 3 is 2.77 bits per heavy atom. The van der Waals surface area contributed by atoms with Crippen LogP contribution in [0.3, 0.4) is 0 Å². The first-order valence-electron chi connectivity index (χ1n) is 7.84. The zero-order valence-electron chi connectivity index (χ0n) is 12.4. The second-order valence-electron chi connectivity index (χ2n) is 6.10. The highest BCUT2D eigenvalue weighted by molar-refractivity contribution is 7.17. The number of carbonyl (C=O) groups is 1. The van der Waals surface area contributed by atoms with Gasteiger partial charge in [0.15, 0.2) is 0 Å². The summed E-state index contributed by atoms with van der Waals surface area (Å²) < 4.78 is 0. The lowest BCUT2D eigenvalue weighted by molar-refractivity contribution is 0.0622. The van der Waals surface area contributed by atoms with E-state index in [4.69, 9.17) is 0 Å². The van der Waals surface area contributed by atoms with Crippen LogP contribution in [-0.4, -0.2) is 41.5 Å². The van der Waals surface area contributed by atoms with Crippen molar-refractivity contribution in [3.05, 3.63) is 41.4 Å². The minimum atomic E-state index is 0.0610. The number of thiophene rings is 1. The van der Waals surface area contributed by atoms with Gasteiger partial charge in [0, 0.05) is 18.8 Å². The maximum Gasteiger partial charge on any atom is 0.261 e. The minimum absolute atomic E-state index is 0.0610. The molecule has 2 bridgehead atoms. The summed E-state index contributed by atoms with van der Waals surface area (Å²) >= 11 is 1.51. The summed E-state index contributed by atoms with van der Waals surface area (Å²) in [5.41, 5.74) is 0.925. The molecule has 22 heavy (non-hydrogen) atoms. The molecule has 1 N–H and O–H groups in total. The Kier molecular flexibility index (Phi) is 3.68. The molecule has 3 aliphatic rings. The highest BCUT2D eigenvalue weighted by atomic mass is 32.1. The topological polar surface area (TPSA) is 45.2 Å². The molecule has 0 unspecified atom stereocenters. The van der Waals surface area contributed by atoms with Crippen LogP contribution in [0, 0.1) is 5.92 Å². The summed E-state index contributed by atoms with van der Waals surface area (Å²) in [7, 11) is 0. The molecular formula is C17H19N3OS. The van der Waals surface area contributed by atoms with Gasteiger partial charge in [-0.15, -0.1) is 11.3 Å². The van der Waals surface area contributed by atoms with Gasteiger partial charge in [0.05, 0.1) is 15.4 Å². The van der Waals surface area contributed by atoms with Gasteiger partial charge in [-0.1, -0.05) is 6.07 Å². The maximum atomic E-state index is 12.5. The number of fused-ring (bicyclic) bond motifs is 3. The van der Waals surface area contributed by atoms with E-state index in [0.717, 1.165) is 22.0 Å². The zero-order chi connectivity index (χ0) is 14.9. The third-order valence-electron chi connectivity index (χ3n) is 4.72. The molecule has 0 aromatic carbocycles. The van der Waals surface area contributed by atoms with Crippen LogP contribution < -0.4 is 5.32 Å². The van der Waals surface area contributed by atoms with E-state index < -0.39 is 0 Å². The Labute approximate surface area is 134 Å². The molecule has 4 nitrogen and oxygen atoms in total. The first-order valence-corrected chi connectivity index (χ1v) is 8.66. The van der Waals surface area contributed by atoms with Crippen molar-refractivity contribution in [2.45, 2.75) is 18.9 Å². The normalized spacial score (nSPS) is 26.8. The van der Waals surface area contributed by atoms with Crippen molar-refractivity contribution in [3.63, 3.8) is 0 Å². The van der Waals surface area contributed by atoms with Gasteiger partial charge >= 0.3 is 0 Å². The molecule has 3 saturated heterocycles. The van der Waals surface area contributed by atoms with E-state index in [1.165, 1.54) is 37.3 Å². The molecule has 3 fully saturated rings. The molecule has 0 aliphatic carbocycles. The van der Waals surface area contributed by atoms with Crippen LogP contribution >= 0.6 is 11.3 Å². The second-order valence-corrected chi connectivity index (χ2v) is 7.18. The highest BCUT2D eigenvalue weighted by Gasteiger charge is 2.35. The highest BCUT2D eigenvalue weighted by Crippen LogP contribution is 2.29. The van der Waals surface area contributed by atoms with Gasteiger partial charge in [-0.25, -0.2) is 0 Å². The van der Waals surface area contributed by atoms with Gasteiger partial charge in [-0.3, -0.25) is 9.78 Å². The molecule has 0 spiro atoms. The van der Waals surface area contributed by atoms with E-state index in [0.29, 0.717) is 12.0 Å². The van der Waals surface area contributed by atoms with Crippen LogP contribution in [0.4, 0.5) is 0 Å². The average Bonchev–Trinajstić information content (AvgIpc) is 3.07. The molecule has 5 rings (SSSR count). The molecule has 2 aromatic rings. The largest absolute Gasteiger partial charge is 0.347 e. The number of carbonyl (C=O) groups excluding carboxylic acids is 1. The number of amides is 1. The molecular weight excluding hydrogens is 293 g/mol. The van der Waals surface area contributed by atoms with Crippen molar-refractivity contribution in [2.24, 2.45) is 5.92 Å². The van der Waals surface area contributed by atoms with Crippen molar-refractivity contribution in [2.75, 3.05) is 19.6 Å². The lowest BCUT2D eigenvalue weighted by atomic mass is 9.81. The van der Waals surface area contributed by atoms with Crippen LogP contribution in [0.25, 0.3) is 10.6 Å². The third-order valence-corrected chi connectivity index (χ3v) is 5.83.